The van der Waals surface area contributed by atoms with E-state index >= 15 is 0 Å². The van der Waals surface area contributed by atoms with Gasteiger partial charge in [-0.2, -0.15) is 0 Å². The predicted molar refractivity (Wildman–Crippen MR) is 85.9 cm³/mol. The Morgan fingerprint density at radius 3 is 2.62 bits per heavy atom. The van der Waals surface area contributed by atoms with Crippen molar-refractivity contribution in [3.63, 3.8) is 0 Å². The van der Waals surface area contributed by atoms with Crippen molar-refractivity contribution in [3.8, 4) is 5.75 Å². The number of halogens is 2. The summed E-state index contributed by atoms with van der Waals surface area (Å²) >= 11 is 12.0. The van der Waals surface area contributed by atoms with Gasteiger partial charge in [-0.05, 0) is 30.7 Å². The van der Waals surface area contributed by atoms with Gasteiger partial charge >= 0.3 is 0 Å². The molecule has 0 amide bonds. The van der Waals surface area contributed by atoms with Crippen molar-refractivity contribution in [2.45, 2.75) is 20.0 Å². The van der Waals surface area contributed by atoms with Crippen LogP contribution in [0.1, 0.15) is 24.5 Å². The summed E-state index contributed by atoms with van der Waals surface area (Å²) in [5.74, 6) is 0.651. The number of oxime groups is 1. The van der Waals surface area contributed by atoms with Gasteiger partial charge in [0.25, 0.3) is 0 Å². The summed E-state index contributed by atoms with van der Waals surface area (Å²) in [5.41, 5.74) is 2.19. The SMILES string of the molecule is CC/C(=N\O)c1ccccc1OCc1ccc(Cl)cc1Cl. The first-order chi connectivity index (χ1) is 10.2. The molecule has 21 heavy (non-hydrogen) atoms. The maximum atomic E-state index is 9.06. The van der Waals surface area contributed by atoms with Gasteiger partial charge in [-0.1, -0.05) is 53.5 Å². The molecule has 0 spiro atoms. The minimum Gasteiger partial charge on any atom is -0.488 e. The molecule has 0 unspecified atom stereocenters. The molecule has 0 aliphatic rings. The highest BCUT2D eigenvalue weighted by atomic mass is 35.5. The molecular formula is C16H15Cl2NO2. The van der Waals surface area contributed by atoms with Crippen molar-refractivity contribution in [2.75, 3.05) is 0 Å². The maximum Gasteiger partial charge on any atom is 0.128 e. The minimum absolute atomic E-state index is 0.315. The van der Waals surface area contributed by atoms with Gasteiger partial charge in [-0.3, -0.25) is 0 Å². The van der Waals surface area contributed by atoms with Gasteiger partial charge in [0.2, 0.25) is 0 Å². The number of hydrogen-bond acceptors (Lipinski definition) is 3. The molecule has 110 valence electrons. The van der Waals surface area contributed by atoms with E-state index in [-0.39, 0.29) is 0 Å². The van der Waals surface area contributed by atoms with Crippen LogP contribution in [0.4, 0.5) is 0 Å². The van der Waals surface area contributed by atoms with Gasteiger partial charge in [0.1, 0.15) is 12.4 Å². The quantitative estimate of drug-likeness (QED) is 0.469. The zero-order valence-electron chi connectivity index (χ0n) is 11.5. The second-order valence-corrected chi connectivity index (χ2v) is 5.26. The van der Waals surface area contributed by atoms with Crippen LogP contribution in [0.5, 0.6) is 5.75 Å². The number of benzene rings is 2. The van der Waals surface area contributed by atoms with Crippen LogP contribution < -0.4 is 4.74 Å². The second kappa shape index (κ2) is 7.34. The molecule has 2 aromatic carbocycles. The Morgan fingerprint density at radius 1 is 1.19 bits per heavy atom. The fourth-order valence-electron chi connectivity index (χ4n) is 1.94. The Kier molecular flexibility index (Phi) is 5.48. The fourth-order valence-corrected chi connectivity index (χ4v) is 2.40. The molecule has 0 aliphatic carbocycles. The van der Waals surface area contributed by atoms with Crippen molar-refractivity contribution in [1.82, 2.24) is 0 Å². The highest BCUT2D eigenvalue weighted by molar-refractivity contribution is 6.35. The van der Waals surface area contributed by atoms with Gasteiger partial charge in [-0.15, -0.1) is 0 Å². The highest BCUT2D eigenvalue weighted by Crippen LogP contribution is 2.25. The molecule has 0 aliphatic heterocycles. The number of nitrogens with zero attached hydrogens (tertiary/aromatic N) is 1. The van der Waals surface area contributed by atoms with Crippen LogP contribution in [0.25, 0.3) is 0 Å². The summed E-state index contributed by atoms with van der Waals surface area (Å²) < 4.78 is 5.81. The van der Waals surface area contributed by atoms with Gasteiger partial charge in [-0.25, -0.2) is 0 Å². The van der Waals surface area contributed by atoms with E-state index in [4.69, 9.17) is 33.1 Å². The lowest BCUT2D eigenvalue weighted by Crippen LogP contribution is -2.04. The normalized spacial score (nSPS) is 11.5. The van der Waals surface area contributed by atoms with E-state index in [9.17, 15) is 0 Å². The fraction of sp³-hybridized carbons (Fsp3) is 0.188. The third-order valence-corrected chi connectivity index (χ3v) is 3.64. The van der Waals surface area contributed by atoms with E-state index in [1.807, 2.05) is 37.3 Å². The Balaban J connectivity index is 2.20. The highest BCUT2D eigenvalue weighted by Gasteiger charge is 2.10. The molecule has 1 N–H and O–H groups in total. The van der Waals surface area contributed by atoms with Crippen molar-refractivity contribution >= 4 is 28.9 Å². The molecule has 0 aromatic heterocycles. The molecule has 5 heteroatoms. The van der Waals surface area contributed by atoms with Crippen LogP contribution in [-0.4, -0.2) is 10.9 Å². The first kappa shape index (κ1) is 15.7. The summed E-state index contributed by atoms with van der Waals surface area (Å²) in [4.78, 5) is 0. The molecule has 2 rings (SSSR count). The maximum absolute atomic E-state index is 9.06. The summed E-state index contributed by atoms with van der Waals surface area (Å²) in [6.45, 7) is 2.23. The summed E-state index contributed by atoms with van der Waals surface area (Å²) in [6, 6.07) is 12.7. The van der Waals surface area contributed by atoms with Gasteiger partial charge in [0, 0.05) is 21.2 Å². The number of rotatable bonds is 5. The van der Waals surface area contributed by atoms with Gasteiger partial charge in [0.05, 0.1) is 5.71 Å². The summed E-state index contributed by atoms with van der Waals surface area (Å²) in [7, 11) is 0. The van der Waals surface area contributed by atoms with E-state index in [2.05, 4.69) is 5.16 Å². The van der Waals surface area contributed by atoms with E-state index in [0.29, 0.717) is 34.5 Å². The zero-order chi connectivity index (χ0) is 15.2. The first-order valence-electron chi connectivity index (χ1n) is 6.52. The monoisotopic (exact) mass is 323 g/mol. The number of hydrogen-bond donors (Lipinski definition) is 1. The average Bonchev–Trinajstić information content (AvgIpc) is 2.49. The van der Waals surface area contributed by atoms with Crippen molar-refractivity contribution in [1.29, 1.82) is 0 Å². The molecule has 0 saturated carbocycles. The smallest absolute Gasteiger partial charge is 0.128 e. The average molecular weight is 324 g/mol. The van der Waals surface area contributed by atoms with Crippen LogP contribution >= 0.6 is 23.2 Å². The molecule has 0 heterocycles. The molecular weight excluding hydrogens is 309 g/mol. The number of para-hydroxylation sites is 1. The predicted octanol–water partition coefficient (Wildman–Crippen LogP) is 5.16. The molecule has 0 atom stereocenters. The lowest BCUT2D eigenvalue weighted by atomic mass is 10.1. The first-order valence-corrected chi connectivity index (χ1v) is 7.28. The standard InChI is InChI=1S/C16H15Cl2NO2/c1-2-15(19-20)13-5-3-4-6-16(13)21-10-11-7-8-12(17)9-14(11)18/h3-9,20H,2,10H2,1H3/b19-15+. The van der Waals surface area contributed by atoms with Crippen molar-refractivity contribution < 1.29 is 9.94 Å². The van der Waals surface area contributed by atoms with E-state index in [1.54, 1.807) is 12.1 Å². The lowest BCUT2D eigenvalue weighted by Gasteiger charge is -2.12. The van der Waals surface area contributed by atoms with Crippen LogP contribution in [0, 0.1) is 0 Å². The van der Waals surface area contributed by atoms with Crippen LogP contribution in [0.2, 0.25) is 10.0 Å². The topological polar surface area (TPSA) is 41.8 Å². The van der Waals surface area contributed by atoms with Gasteiger partial charge in [0.15, 0.2) is 0 Å². The molecule has 0 saturated heterocycles. The largest absolute Gasteiger partial charge is 0.488 e. The lowest BCUT2D eigenvalue weighted by molar-refractivity contribution is 0.303. The summed E-state index contributed by atoms with van der Waals surface area (Å²) in [6.07, 6.45) is 0.610. The molecule has 0 bridgehead atoms. The Hall–Kier alpha value is -1.71. The third kappa shape index (κ3) is 3.90. The van der Waals surface area contributed by atoms with Crippen LogP contribution in [0.3, 0.4) is 0 Å². The minimum atomic E-state index is 0.315. The van der Waals surface area contributed by atoms with E-state index in [0.717, 1.165) is 11.1 Å². The second-order valence-electron chi connectivity index (χ2n) is 4.42. The molecule has 3 nitrogen and oxygen atoms in total. The zero-order valence-corrected chi connectivity index (χ0v) is 13.0. The molecule has 0 fully saturated rings. The Morgan fingerprint density at radius 2 is 1.95 bits per heavy atom. The van der Waals surface area contributed by atoms with E-state index in [1.165, 1.54) is 0 Å². The van der Waals surface area contributed by atoms with Crippen molar-refractivity contribution in [2.24, 2.45) is 5.16 Å². The van der Waals surface area contributed by atoms with E-state index < -0.39 is 0 Å². The number of ether oxygens (including phenoxy) is 1. The van der Waals surface area contributed by atoms with Crippen LogP contribution in [0.15, 0.2) is 47.6 Å². The molecule has 2 aromatic rings. The van der Waals surface area contributed by atoms with Gasteiger partial charge < -0.3 is 9.94 Å². The van der Waals surface area contributed by atoms with Crippen molar-refractivity contribution in [3.05, 3.63) is 63.6 Å². The Bertz CT molecular complexity index is 656. The van der Waals surface area contributed by atoms with Crippen LogP contribution in [-0.2, 0) is 6.61 Å². The Labute approximate surface area is 133 Å². The molecule has 0 radical (unpaired) electrons. The third-order valence-electron chi connectivity index (χ3n) is 3.05. The summed E-state index contributed by atoms with van der Waals surface area (Å²) in [5, 5.41) is 13.5.